The Morgan fingerprint density at radius 3 is 2.75 bits per heavy atom. The van der Waals surface area contributed by atoms with Crippen LogP contribution in [-0.4, -0.2) is 34.0 Å². The average molecular weight is 347 g/mol. The van der Waals surface area contributed by atoms with Gasteiger partial charge in [-0.15, -0.1) is 0 Å². The molecule has 9 nitrogen and oxygen atoms in total. The molecule has 2 aromatic rings. The minimum absolute atomic E-state index is 0.0413. The Balaban J connectivity index is 2.42. The maximum Gasteiger partial charge on any atom is 0.319 e. The number of benzene rings is 1. The predicted molar refractivity (Wildman–Crippen MR) is 86.4 cm³/mol. The van der Waals surface area contributed by atoms with E-state index in [4.69, 9.17) is 27.4 Å². The fourth-order valence-electron chi connectivity index (χ4n) is 1.76. The zero-order valence-electron chi connectivity index (χ0n) is 12.5. The van der Waals surface area contributed by atoms with E-state index in [-0.39, 0.29) is 22.1 Å². The lowest BCUT2D eigenvalue weighted by molar-refractivity contribution is -0.114. The highest BCUT2D eigenvalue weighted by Crippen LogP contribution is 2.29. The normalized spacial score (nSPS) is 10.8. The van der Waals surface area contributed by atoms with Gasteiger partial charge in [0.25, 0.3) is 5.91 Å². The summed E-state index contributed by atoms with van der Waals surface area (Å²) in [5, 5.41) is 1.97. The van der Waals surface area contributed by atoms with Crippen LogP contribution in [0, 0.1) is 4.77 Å². The Morgan fingerprint density at radius 1 is 1.33 bits per heavy atom. The van der Waals surface area contributed by atoms with Gasteiger partial charge >= 0.3 is 12.0 Å². The van der Waals surface area contributed by atoms with Crippen molar-refractivity contribution in [3.8, 4) is 11.8 Å². The molecule has 0 fully saturated rings. The number of H-pyrrole nitrogens is 1. The Bertz CT molecular complexity index is 849. The van der Waals surface area contributed by atoms with Gasteiger partial charge in [0.15, 0.2) is 0 Å². The number of methoxy groups -OCH3 is 1. The molecule has 124 valence electrons. The van der Waals surface area contributed by atoms with E-state index in [1.807, 2.05) is 5.32 Å². The molecule has 1 aromatic carbocycles. The summed E-state index contributed by atoms with van der Waals surface area (Å²) in [4.78, 5) is 33.4. The standard InChI is InChI=1S/C14H13N5O4S/c1-22-6-9(11(20)18-12(15)21)8-4-2-3-5-10(8)23-13-16-7-17-14(24)19-13/h2-7H,1H3,(H3,15,18,20,21)(H,16,17,19,24)/b9-6+. The fourth-order valence-corrected chi connectivity index (χ4v) is 1.89. The number of aromatic amines is 1. The number of hydrogen-bond donors (Lipinski definition) is 3. The van der Waals surface area contributed by atoms with Gasteiger partial charge in [0.1, 0.15) is 12.1 Å². The second kappa shape index (κ2) is 7.83. The molecule has 24 heavy (non-hydrogen) atoms. The summed E-state index contributed by atoms with van der Waals surface area (Å²) < 4.78 is 10.7. The van der Waals surface area contributed by atoms with E-state index in [1.165, 1.54) is 19.7 Å². The third kappa shape index (κ3) is 4.36. The number of rotatable bonds is 5. The zero-order valence-corrected chi connectivity index (χ0v) is 13.3. The molecule has 0 aliphatic heterocycles. The summed E-state index contributed by atoms with van der Waals surface area (Å²) in [6.45, 7) is 0. The SMILES string of the molecule is CO/C=C(/C(=O)NC(N)=O)c1ccccc1Oc1ncnc(=S)[nH]1. The van der Waals surface area contributed by atoms with Crippen LogP contribution in [0.3, 0.4) is 0 Å². The van der Waals surface area contributed by atoms with Gasteiger partial charge in [-0.05, 0) is 18.3 Å². The summed E-state index contributed by atoms with van der Waals surface area (Å²) in [5.41, 5.74) is 5.38. The molecule has 0 saturated carbocycles. The van der Waals surface area contributed by atoms with Gasteiger partial charge in [-0.3, -0.25) is 15.1 Å². The molecule has 0 spiro atoms. The maximum atomic E-state index is 12.1. The molecule has 0 unspecified atom stereocenters. The monoisotopic (exact) mass is 347 g/mol. The quantitative estimate of drug-likeness (QED) is 0.424. The van der Waals surface area contributed by atoms with E-state index in [2.05, 4.69) is 15.0 Å². The number of urea groups is 1. The molecular weight excluding hydrogens is 334 g/mol. The summed E-state index contributed by atoms with van der Waals surface area (Å²) in [5.74, 6) is -0.458. The number of primary amides is 1. The topological polar surface area (TPSA) is 132 Å². The van der Waals surface area contributed by atoms with E-state index in [9.17, 15) is 9.59 Å². The van der Waals surface area contributed by atoms with Crippen molar-refractivity contribution in [2.45, 2.75) is 0 Å². The van der Waals surface area contributed by atoms with E-state index in [1.54, 1.807) is 24.3 Å². The lowest BCUT2D eigenvalue weighted by Crippen LogP contribution is -2.35. The smallest absolute Gasteiger partial charge is 0.319 e. The number of hydrogen-bond acceptors (Lipinski definition) is 7. The van der Waals surface area contributed by atoms with Crippen molar-refractivity contribution in [3.05, 3.63) is 47.2 Å². The Kier molecular flexibility index (Phi) is 5.58. The van der Waals surface area contributed by atoms with Crippen molar-refractivity contribution in [2.24, 2.45) is 5.73 Å². The largest absolute Gasteiger partial charge is 0.504 e. The molecule has 0 bridgehead atoms. The van der Waals surface area contributed by atoms with Gasteiger partial charge in [-0.2, -0.15) is 4.98 Å². The first-order valence-electron chi connectivity index (χ1n) is 6.53. The highest BCUT2D eigenvalue weighted by molar-refractivity contribution is 7.71. The molecule has 3 amide bonds. The van der Waals surface area contributed by atoms with Crippen LogP contribution in [0.15, 0.2) is 36.9 Å². The Morgan fingerprint density at radius 2 is 2.08 bits per heavy atom. The third-order valence-electron chi connectivity index (χ3n) is 2.66. The number of carbonyl (C=O) groups is 2. The number of aromatic nitrogens is 3. The third-order valence-corrected chi connectivity index (χ3v) is 2.87. The summed E-state index contributed by atoms with van der Waals surface area (Å²) >= 11 is 4.90. The number of imide groups is 1. The van der Waals surface area contributed by atoms with Crippen LogP contribution in [0.25, 0.3) is 5.57 Å². The number of amides is 3. The predicted octanol–water partition coefficient (Wildman–Crippen LogP) is 1.51. The lowest BCUT2D eigenvalue weighted by Gasteiger charge is -2.12. The summed E-state index contributed by atoms with van der Waals surface area (Å²) in [6, 6.07) is 5.71. The molecule has 1 aromatic heterocycles. The van der Waals surface area contributed by atoms with Gasteiger partial charge in [0.05, 0.1) is 18.9 Å². The van der Waals surface area contributed by atoms with Crippen molar-refractivity contribution in [1.29, 1.82) is 0 Å². The van der Waals surface area contributed by atoms with Crippen molar-refractivity contribution >= 4 is 29.7 Å². The van der Waals surface area contributed by atoms with Crippen molar-refractivity contribution < 1.29 is 19.1 Å². The van der Waals surface area contributed by atoms with E-state index in [0.29, 0.717) is 5.56 Å². The summed E-state index contributed by atoms with van der Waals surface area (Å²) in [7, 11) is 1.36. The first kappa shape index (κ1) is 17.1. The number of nitrogens with two attached hydrogens (primary N) is 1. The average Bonchev–Trinajstić information content (AvgIpc) is 2.53. The maximum absolute atomic E-state index is 12.1. The molecule has 2 rings (SSSR count). The van der Waals surface area contributed by atoms with E-state index < -0.39 is 11.9 Å². The van der Waals surface area contributed by atoms with Crippen LogP contribution in [0.5, 0.6) is 11.8 Å². The van der Waals surface area contributed by atoms with Crippen LogP contribution in [-0.2, 0) is 9.53 Å². The number of para-hydroxylation sites is 1. The number of carbonyl (C=O) groups excluding carboxylic acids is 2. The highest BCUT2D eigenvalue weighted by Gasteiger charge is 2.19. The van der Waals surface area contributed by atoms with Crippen molar-refractivity contribution in [1.82, 2.24) is 20.3 Å². The van der Waals surface area contributed by atoms with Crippen LogP contribution in [0.4, 0.5) is 4.79 Å². The molecule has 4 N–H and O–H groups in total. The van der Waals surface area contributed by atoms with Gasteiger partial charge in [-0.25, -0.2) is 9.78 Å². The first-order valence-corrected chi connectivity index (χ1v) is 6.94. The van der Waals surface area contributed by atoms with E-state index in [0.717, 1.165) is 0 Å². The molecule has 0 radical (unpaired) electrons. The first-order chi connectivity index (χ1) is 11.5. The van der Waals surface area contributed by atoms with Gasteiger partial charge in [0.2, 0.25) is 4.77 Å². The molecular formula is C14H13N5O4S. The van der Waals surface area contributed by atoms with Gasteiger partial charge in [0, 0.05) is 5.56 Å². The summed E-state index contributed by atoms with van der Waals surface area (Å²) in [6.07, 6.45) is 2.41. The second-order valence-corrected chi connectivity index (χ2v) is 4.68. The van der Waals surface area contributed by atoms with Crippen LogP contribution in [0.1, 0.15) is 5.56 Å². The highest BCUT2D eigenvalue weighted by atomic mass is 32.1. The minimum atomic E-state index is -0.986. The molecule has 1 heterocycles. The van der Waals surface area contributed by atoms with Crippen LogP contribution in [0.2, 0.25) is 0 Å². The Labute approximate surface area is 141 Å². The van der Waals surface area contributed by atoms with Crippen LogP contribution < -0.4 is 15.8 Å². The molecule has 0 saturated heterocycles. The Hall–Kier alpha value is -3.27. The van der Waals surface area contributed by atoms with Gasteiger partial charge in [-0.1, -0.05) is 18.2 Å². The zero-order chi connectivity index (χ0) is 17.5. The van der Waals surface area contributed by atoms with E-state index >= 15 is 0 Å². The van der Waals surface area contributed by atoms with Crippen molar-refractivity contribution in [3.63, 3.8) is 0 Å². The van der Waals surface area contributed by atoms with Crippen LogP contribution >= 0.6 is 12.2 Å². The number of ether oxygens (including phenoxy) is 2. The second-order valence-electron chi connectivity index (χ2n) is 4.29. The molecule has 0 aliphatic rings. The number of nitrogens with zero attached hydrogens (tertiary/aromatic N) is 2. The van der Waals surface area contributed by atoms with Gasteiger partial charge < -0.3 is 15.2 Å². The molecule has 10 heteroatoms. The fraction of sp³-hybridized carbons (Fsp3) is 0.0714. The molecule has 0 atom stereocenters. The number of nitrogens with one attached hydrogen (secondary N) is 2. The lowest BCUT2D eigenvalue weighted by atomic mass is 10.1. The van der Waals surface area contributed by atoms with Crippen molar-refractivity contribution in [2.75, 3.05) is 7.11 Å². The minimum Gasteiger partial charge on any atom is -0.504 e. The molecule has 0 aliphatic carbocycles.